The number of furan rings is 1. The molecule has 42 heavy (non-hydrogen) atoms. The van der Waals surface area contributed by atoms with E-state index in [-0.39, 0.29) is 18.5 Å². The van der Waals surface area contributed by atoms with Crippen LogP contribution in [-0.4, -0.2) is 79.8 Å². The van der Waals surface area contributed by atoms with Crippen molar-refractivity contribution < 1.29 is 23.8 Å². The number of carboxylic acid groups (broad SMARTS) is 1. The van der Waals surface area contributed by atoms with Crippen LogP contribution in [0.25, 0.3) is 28.3 Å². The van der Waals surface area contributed by atoms with Crippen molar-refractivity contribution >= 4 is 34.3 Å². The summed E-state index contributed by atoms with van der Waals surface area (Å²) in [5.74, 6) is 1.34. The van der Waals surface area contributed by atoms with E-state index in [0.717, 1.165) is 44.8 Å². The van der Waals surface area contributed by atoms with Crippen molar-refractivity contribution in [1.29, 1.82) is 0 Å². The molecule has 1 saturated heterocycles. The normalized spacial score (nSPS) is 16.3. The number of piperazine rings is 1. The zero-order valence-electron chi connectivity index (χ0n) is 22.8. The number of hydrogen-bond donors (Lipinski definition) is 3. The first kappa shape index (κ1) is 26.2. The maximum absolute atomic E-state index is 11.9. The molecule has 1 aromatic carbocycles. The van der Waals surface area contributed by atoms with E-state index < -0.39 is 12.0 Å². The van der Waals surface area contributed by atoms with Crippen molar-refractivity contribution in [3.05, 3.63) is 48.4 Å². The lowest BCUT2D eigenvalue weighted by Crippen LogP contribution is -2.43. The average Bonchev–Trinajstić information content (AvgIpc) is 3.36. The van der Waals surface area contributed by atoms with Gasteiger partial charge in [-0.25, -0.2) is 14.5 Å². The number of carbonyl (C=O) groups is 1. The first-order valence-electron chi connectivity index (χ1n) is 14.0. The second-order valence-corrected chi connectivity index (χ2v) is 10.5. The molecule has 2 fully saturated rings. The van der Waals surface area contributed by atoms with Crippen LogP contribution in [0.4, 0.5) is 11.6 Å². The Morgan fingerprint density at radius 2 is 1.90 bits per heavy atom. The van der Waals surface area contributed by atoms with Crippen molar-refractivity contribution in [3.8, 4) is 17.3 Å². The molecule has 218 valence electrons. The van der Waals surface area contributed by atoms with Gasteiger partial charge in [-0.05, 0) is 55.2 Å². The van der Waals surface area contributed by atoms with Gasteiger partial charge in [-0.3, -0.25) is 0 Å². The Balaban J connectivity index is 0.974. The molecule has 5 aromatic rings. The molecule has 2 aliphatic rings. The van der Waals surface area contributed by atoms with Gasteiger partial charge in [-0.15, -0.1) is 5.10 Å². The number of nitrogens with two attached hydrogens (primary N) is 1. The van der Waals surface area contributed by atoms with E-state index in [9.17, 15) is 9.90 Å². The van der Waals surface area contributed by atoms with Gasteiger partial charge >= 0.3 is 5.97 Å². The second-order valence-electron chi connectivity index (χ2n) is 10.5. The third-order valence-corrected chi connectivity index (χ3v) is 7.58. The predicted octanol–water partition coefficient (Wildman–Crippen LogP) is 2.36. The van der Waals surface area contributed by atoms with E-state index in [0.29, 0.717) is 47.2 Å². The molecule has 4 N–H and O–H groups in total. The number of hydrogen-bond acceptors (Lipinski definition) is 11. The smallest absolute Gasteiger partial charge is 0.328 e. The zero-order valence-corrected chi connectivity index (χ0v) is 22.8. The van der Waals surface area contributed by atoms with Gasteiger partial charge in [0.05, 0.1) is 18.2 Å². The highest BCUT2D eigenvalue weighted by Gasteiger charge is 2.39. The Morgan fingerprint density at radius 1 is 1.10 bits per heavy atom. The van der Waals surface area contributed by atoms with Crippen LogP contribution < -0.4 is 20.7 Å². The number of fused-ring (bicyclic) bond motifs is 3. The minimum absolute atomic E-state index is 0.0302. The zero-order chi connectivity index (χ0) is 28.6. The van der Waals surface area contributed by atoms with Gasteiger partial charge in [0.1, 0.15) is 24.7 Å². The predicted molar refractivity (Wildman–Crippen MR) is 152 cm³/mol. The molecule has 1 aliphatic heterocycles. The number of carboxylic acids is 1. The summed E-state index contributed by atoms with van der Waals surface area (Å²) in [7, 11) is 0. The summed E-state index contributed by atoms with van der Waals surface area (Å²) < 4.78 is 20.3. The van der Waals surface area contributed by atoms with Crippen LogP contribution in [0.15, 0.2) is 47.0 Å². The number of benzene rings is 1. The summed E-state index contributed by atoms with van der Waals surface area (Å²) in [6.45, 7) is 5.08. The number of nitrogen functional groups attached to an aromatic ring is 1. The van der Waals surface area contributed by atoms with Gasteiger partial charge in [0.2, 0.25) is 11.8 Å². The summed E-state index contributed by atoms with van der Waals surface area (Å²) in [5, 5.41) is 22.5. The number of rotatable bonds is 11. The Hall–Kier alpha value is -4.69. The van der Waals surface area contributed by atoms with Gasteiger partial charge in [0.15, 0.2) is 23.1 Å². The van der Waals surface area contributed by atoms with Gasteiger partial charge in [-0.1, -0.05) is 0 Å². The average molecular weight is 574 g/mol. The maximum atomic E-state index is 11.9. The van der Waals surface area contributed by atoms with Crippen molar-refractivity contribution in [2.24, 2.45) is 5.92 Å². The monoisotopic (exact) mass is 573 g/mol. The largest absolute Gasteiger partial charge is 0.491 e. The third kappa shape index (κ3) is 5.10. The van der Waals surface area contributed by atoms with E-state index in [1.54, 1.807) is 18.3 Å². The van der Waals surface area contributed by atoms with E-state index in [2.05, 4.69) is 42.5 Å². The van der Waals surface area contributed by atoms with E-state index in [1.165, 1.54) is 14.9 Å². The quantitative estimate of drug-likeness (QED) is 0.197. The topological polar surface area (TPSA) is 171 Å². The maximum Gasteiger partial charge on any atom is 0.328 e. The molecule has 1 unspecified atom stereocenters. The molecule has 0 bridgehead atoms. The van der Waals surface area contributed by atoms with Gasteiger partial charge in [0, 0.05) is 31.9 Å². The molecule has 0 amide bonds. The van der Waals surface area contributed by atoms with Crippen LogP contribution in [0.2, 0.25) is 0 Å². The Bertz CT molecular complexity index is 1720. The van der Waals surface area contributed by atoms with Crippen LogP contribution >= 0.6 is 0 Å². The minimum atomic E-state index is -0.943. The second kappa shape index (κ2) is 10.9. The molecule has 14 nitrogen and oxygen atoms in total. The highest BCUT2D eigenvalue weighted by Crippen LogP contribution is 2.41. The number of aromatic nitrogens is 6. The summed E-state index contributed by atoms with van der Waals surface area (Å²) >= 11 is 0. The lowest BCUT2D eigenvalue weighted by Gasteiger charge is -2.29. The van der Waals surface area contributed by atoms with Gasteiger partial charge < -0.3 is 34.9 Å². The fourth-order valence-electron chi connectivity index (χ4n) is 5.30. The summed E-state index contributed by atoms with van der Waals surface area (Å²) in [6, 6.07) is 10.9. The Kier molecular flexibility index (Phi) is 6.83. The molecule has 1 atom stereocenters. The Labute approximate surface area is 240 Å². The summed E-state index contributed by atoms with van der Waals surface area (Å²) in [6.07, 6.45) is 3.24. The molecular weight excluding hydrogens is 542 g/mol. The molecule has 4 aromatic heterocycles. The molecule has 5 heterocycles. The third-order valence-electron chi connectivity index (χ3n) is 7.58. The van der Waals surface area contributed by atoms with E-state index >= 15 is 0 Å². The van der Waals surface area contributed by atoms with Crippen molar-refractivity contribution in [2.45, 2.75) is 25.5 Å². The standard InChI is InChI=1S/C28H31N9O5/c29-28-33-26-21(15-31-36(26)23(27(38)39)17-1-2-17)25-32-24(34-37(25)28)22-8-7-20(42-22)16-40-13-14-41-19-5-3-18(4-6-19)35-11-9-30-10-12-35/h3-8,15,17,23,30H,1-2,9-14,16H2,(H2,29,33)(H,38,39). The first-order chi connectivity index (χ1) is 20.5. The lowest BCUT2D eigenvalue weighted by molar-refractivity contribution is -0.141. The fraction of sp³-hybridized carbons (Fsp3) is 0.393. The minimum Gasteiger partial charge on any atom is -0.491 e. The number of nitrogens with zero attached hydrogens (tertiary/aromatic N) is 7. The number of aliphatic carboxylic acids is 1. The number of nitrogens with one attached hydrogen (secondary N) is 1. The highest BCUT2D eigenvalue weighted by atomic mass is 16.5. The van der Waals surface area contributed by atoms with Crippen LogP contribution in [0.1, 0.15) is 24.6 Å². The number of ether oxygens (including phenoxy) is 2. The van der Waals surface area contributed by atoms with Gasteiger partial charge in [-0.2, -0.15) is 14.6 Å². The molecule has 0 radical (unpaired) electrons. The SMILES string of the molecule is Nc1nc2c(cnn2C(C(=O)O)C2CC2)c2nc(-c3ccc(COCCOc4ccc(N5CCNCC5)cc4)o3)nn12. The van der Waals surface area contributed by atoms with E-state index in [4.69, 9.17) is 19.6 Å². The van der Waals surface area contributed by atoms with Crippen molar-refractivity contribution in [3.63, 3.8) is 0 Å². The molecule has 0 spiro atoms. The summed E-state index contributed by atoms with van der Waals surface area (Å²) in [5.41, 5.74) is 8.18. The van der Waals surface area contributed by atoms with Crippen molar-refractivity contribution in [2.75, 3.05) is 50.0 Å². The Morgan fingerprint density at radius 3 is 2.67 bits per heavy atom. The summed E-state index contributed by atoms with van der Waals surface area (Å²) in [4.78, 5) is 23.3. The first-order valence-corrected chi connectivity index (χ1v) is 14.0. The number of anilines is 2. The van der Waals surface area contributed by atoms with Crippen LogP contribution in [0, 0.1) is 5.92 Å². The van der Waals surface area contributed by atoms with Crippen LogP contribution in [0.3, 0.4) is 0 Å². The van der Waals surface area contributed by atoms with Crippen molar-refractivity contribution in [1.82, 2.24) is 34.7 Å². The molecular formula is C28H31N9O5. The molecule has 7 rings (SSSR count). The molecule has 14 heteroatoms. The van der Waals surface area contributed by atoms with E-state index in [1.807, 2.05) is 12.1 Å². The fourth-order valence-corrected chi connectivity index (χ4v) is 5.30. The molecule has 1 saturated carbocycles. The van der Waals surface area contributed by atoms with Crippen LogP contribution in [0.5, 0.6) is 5.75 Å². The van der Waals surface area contributed by atoms with Crippen LogP contribution in [-0.2, 0) is 16.1 Å². The highest BCUT2D eigenvalue weighted by molar-refractivity contribution is 5.91. The van der Waals surface area contributed by atoms with Gasteiger partial charge in [0.25, 0.3) is 0 Å². The molecule has 1 aliphatic carbocycles. The lowest BCUT2D eigenvalue weighted by atomic mass is 10.2.